The second kappa shape index (κ2) is 10.2. The molecule has 160 valence electrons. The standard InChI is InChI=1S/C22H24Cl2N2O4/c1-26-11-9-16(10-12-26)30-15-7-5-14(6-8-15)13-19(22(28)29)25-21(27)20-17(23)3-2-4-18(20)24/h2-8,16,19H,9-13H2,1H3,(H,25,27)(H,28,29)/t19-/m0/s1. The minimum absolute atomic E-state index is 0.0639. The van der Waals surface area contributed by atoms with E-state index in [1.165, 1.54) is 12.1 Å². The van der Waals surface area contributed by atoms with Crippen molar-refractivity contribution in [1.82, 2.24) is 10.2 Å². The fourth-order valence-corrected chi connectivity index (χ4v) is 3.95. The smallest absolute Gasteiger partial charge is 0.326 e. The maximum Gasteiger partial charge on any atom is 0.326 e. The number of benzene rings is 2. The maximum absolute atomic E-state index is 12.5. The molecule has 0 bridgehead atoms. The van der Waals surface area contributed by atoms with Gasteiger partial charge in [0.15, 0.2) is 0 Å². The monoisotopic (exact) mass is 450 g/mol. The molecule has 8 heteroatoms. The summed E-state index contributed by atoms with van der Waals surface area (Å²) >= 11 is 12.1. The Balaban J connectivity index is 1.62. The molecule has 1 fully saturated rings. The molecule has 1 atom stereocenters. The highest BCUT2D eigenvalue weighted by Gasteiger charge is 2.24. The second-order valence-corrected chi connectivity index (χ2v) is 8.24. The van der Waals surface area contributed by atoms with E-state index in [4.69, 9.17) is 27.9 Å². The number of ether oxygens (including phenoxy) is 1. The number of likely N-dealkylation sites (tertiary alicyclic amines) is 1. The minimum atomic E-state index is -1.14. The minimum Gasteiger partial charge on any atom is -0.490 e. The Hall–Kier alpha value is -2.28. The molecule has 2 N–H and O–H groups in total. The predicted octanol–water partition coefficient (Wildman–Crippen LogP) is 3.89. The largest absolute Gasteiger partial charge is 0.490 e. The first-order valence-electron chi connectivity index (χ1n) is 9.75. The molecular formula is C22H24Cl2N2O4. The third-order valence-electron chi connectivity index (χ3n) is 5.12. The number of rotatable bonds is 7. The average molecular weight is 451 g/mol. The number of hydrogen-bond donors (Lipinski definition) is 2. The zero-order valence-electron chi connectivity index (χ0n) is 16.6. The number of aliphatic carboxylic acids is 1. The summed E-state index contributed by atoms with van der Waals surface area (Å²) in [5.41, 5.74) is 0.831. The number of piperidine rings is 1. The van der Waals surface area contributed by atoms with E-state index in [0.29, 0.717) is 0 Å². The van der Waals surface area contributed by atoms with E-state index >= 15 is 0 Å². The van der Waals surface area contributed by atoms with Gasteiger partial charge in [-0.15, -0.1) is 0 Å². The molecule has 1 aliphatic rings. The van der Waals surface area contributed by atoms with Crippen LogP contribution < -0.4 is 10.1 Å². The van der Waals surface area contributed by atoms with Crippen LogP contribution in [0.1, 0.15) is 28.8 Å². The third-order valence-corrected chi connectivity index (χ3v) is 5.75. The van der Waals surface area contributed by atoms with E-state index in [2.05, 4.69) is 17.3 Å². The highest BCUT2D eigenvalue weighted by Crippen LogP contribution is 2.24. The van der Waals surface area contributed by atoms with Crippen molar-refractivity contribution in [3.05, 3.63) is 63.6 Å². The summed E-state index contributed by atoms with van der Waals surface area (Å²) in [6.45, 7) is 2.02. The van der Waals surface area contributed by atoms with Crippen molar-refractivity contribution >= 4 is 35.1 Å². The maximum atomic E-state index is 12.5. The number of carboxylic acids is 1. The van der Waals surface area contributed by atoms with Crippen LogP contribution in [-0.2, 0) is 11.2 Å². The lowest BCUT2D eigenvalue weighted by Gasteiger charge is -2.29. The van der Waals surface area contributed by atoms with Gasteiger partial charge in [0, 0.05) is 19.5 Å². The van der Waals surface area contributed by atoms with Gasteiger partial charge in [-0.25, -0.2) is 4.79 Å². The number of halogens is 2. The van der Waals surface area contributed by atoms with Crippen LogP contribution in [0.4, 0.5) is 0 Å². The number of amides is 1. The Morgan fingerprint density at radius 1 is 1.13 bits per heavy atom. The number of nitrogens with zero attached hydrogens (tertiary/aromatic N) is 1. The summed E-state index contributed by atoms with van der Waals surface area (Å²) in [4.78, 5) is 26.5. The lowest BCUT2D eigenvalue weighted by molar-refractivity contribution is -0.139. The molecule has 0 unspecified atom stereocenters. The van der Waals surface area contributed by atoms with Gasteiger partial charge < -0.3 is 20.1 Å². The molecule has 1 amide bonds. The van der Waals surface area contributed by atoms with Gasteiger partial charge in [-0.2, -0.15) is 0 Å². The first-order valence-corrected chi connectivity index (χ1v) is 10.5. The number of carboxylic acid groups (broad SMARTS) is 1. The second-order valence-electron chi connectivity index (χ2n) is 7.43. The predicted molar refractivity (Wildman–Crippen MR) is 117 cm³/mol. The van der Waals surface area contributed by atoms with E-state index in [1.54, 1.807) is 6.07 Å². The van der Waals surface area contributed by atoms with Gasteiger partial charge in [-0.3, -0.25) is 4.79 Å². The summed E-state index contributed by atoms with van der Waals surface area (Å²) < 4.78 is 6.02. The molecule has 2 aromatic carbocycles. The molecule has 1 saturated heterocycles. The van der Waals surface area contributed by atoms with Gasteiger partial charge in [0.05, 0.1) is 15.6 Å². The highest BCUT2D eigenvalue weighted by atomic mass is 35.5. The molecule has 3 rings (SSSR count). The SMILES string of the molecule is CN1CCC(Oc2ccc(C[C@H](NC(=O)c3c(Cl)cccc3Cl)C(=O)O)cc2)CC1. The van der Waals surface area contributed by atoms with Crippen molar-refractivity contribution in [2.45, 2.75) is 31.4 Å². The van der Waals surface area contributed by atoms with Crippen LogP contribution in [0.15, 0.2) is 42.5 Å². The van der Waals surface area contributed by atoms with E-state index in [-0.39, 0.29) is 28.1 Å². The van der Waals surface area contributed by atoms with Crippen LogP contribution in [0.2, 0.25) is 10.0 Å². The molecule has 1 aliphatic heterocycles. The van der Waals surface area contributed by atoms with Crippen molar-refractivity contribution in [2.24, 2.45) is 0 Å². The molecule has 6 nitrogen and oxygen atoms in total. The number of hydrogen-bond acceptors (Lipinski definition) is 4. The van der Waals surface area contributed by atoms with Gasteiger partial charge in [0.25, 0.3) is 5.91 Å². The first-order chi connectivity index (χ1) is 14.3. The van der Waals surface area contributed by atoms with Crippen molar-refractivity contribution < 1.29 is 19.4 Å². The highest BCUT2D eigenvalue weighted by molar-refractivity contribution is 6.39. The van der Waals surface area contributed by atoms with E-state index < -0.39 is 17.9 Å². The lowest BCUT2D eigenvalue weighted by Crippen LogP contribution is -2.42. The van der Waals surface area contributed by atoms with Gasteiger partial charge in [0.1, 0.15) is 17.9 Å². The fraction of sp³-hybridized carbons (Fsp3) is 0.364. The molecule has 30 heavy (non-hydrogen) atoms. The number of carbonyl (C=O) groups is 2. The third kappa shape index (κ3) is 5.88. The lowest BCUT2D eigenvalue weighted by atomic mass is 10.0. The van der Waals surface area contributed by atoms with E-state index in [9.17, 15) is 14.7 Å². The van der Waals surface area contributed by atoms with Crippen molar-refractivity contribution in [1.29, 1.82) is 0 Å². The molecule has 2 aromatic rings. The molecule has 0 aromatic heterocycles. The van der Waals surface area contributed by atoms with Crippen LogP contribution in [0.25, 0.3) is 0 Å². The Kier molecular flexibility index (Phi) is 7.58. The molecule has 1 heterocycles. The van der Waals surface area contributed by atoms with Gasteiger partial charge in [0.2, 0.25) is 0 Å². The summed E-state index contributed by atoms with van der Waals surface area (Å²) in [6, 6.07) is 10.8. The quantitative estimate of drug-likeness (QED) is 0.668. The van der Waals surface area contributed by atoms with Crippen molar-refractivity contribution in [2.75, 3.05) is 20.1 Å². The van der Waals surface area contributed by atoms with Gasteiger partial charge in [-0.05, 0) is 49.7 Å². The van der Waals surface area contributed by atoms with Crippen LogP contribution in [-0.4, -0.2) is 54.2 Å². The van der Waals surface area contributed by atoms with Crippen molar-refractivity contribution in [3.8, 4) is 5.75 Å². The molecule has 0 spiro atoms. The molecule has 0 radical (unpaired) electrons. The van der Waals surface area contributed by atoms with Crippen LogP contribution in [0.3, 0.4) is 0 Å². The zero-order chi connectivity index (χ0) is 21.7. The topological polar surface area (TPSA) is 78.9 Å². The van der Waals surface area contributed by atoms with E-state index in [0.717, 1.165) is 37.2 Å². The van der Waals surface area contributed by atoms with Crippen molar-refractivity contribution in [3.63, 3.8) is 0 Å². The Bertz CT molecular complexity index is 876. The fourth-order valence-electron chi connectivity index (χ4n) is 3.38. The van der Waals surface area contributed by atoms with Gasteiger partial charge in [-0.1, -0.05) is 41.4 Å². The Morgan fingerprint density at radius 3 is 2.30 bits per heavy atom. The molecular weight excluding hydrogens is 427 g/mol. The zero-order valence-corrected chi connectivity index (χ0v) is 18.1. The van der Waals surface area contributed by atoms with Crippen LogP contribution in [0, 0.1) is 0 Å². The first kappa shape index (κ1) is 22.4. The summed E-state index contributed by atoms with van der Waals surface area (Å²) in [6.07, 6.45) is 2.28. The normalized spacial score (nSPS) is 16.1. The summed E-state index contributed by atoms with van der Waals surface area (Å²) in [5.74, 6) is -1.01. The number of nitrogens with one attached hydrogen (secondary N) is 1. The Morgan fingerprint density at radius 2 is 1.73 bits per heavy atom. The number of carbonyl (C=O) groups excluding carboxylic acids is 1. The Labute approximate surface area is 185 Å². The van der Waals surface area contributed by atoms with Crippen LogP contribution >= 0.6 is 23.2 Å². The van der Waals surface area contributed by atoms with Crippen LogP contribution in [0.5, 0.6) is 5.75 Å². The average Bonchev–Trinajstić information content (AvgIpc) is 2.70. The summed E-state index contributed by atoms with van der Waals surface area (Å²) in [5, 5.41) is 12.4. The van der Waals surface area contributed by atoms with Gasteiger partial charge >= 0.3 is 5.97 Å². The summed E-state index contributed by atoms with van der Waals surface area (Å²) in [7, 11) is 2.10. The van der Waals surface area contributed by atoms with E-state index in [1.807, 2.05) is 24.3 Å². The molecule has 0 aliphatic carbocycles. The molecule has 0 saturated carbocycles.